The Morgan fingerprint density at radius 3 is 2.67 bits per heavy atom. The summed E-state index contributed by atoms with van der Waals surface area (Å²) in [6.45, 7) is 0. The molecule has 4 nitrogen and oxygen atoms in total. The fraction of sp³-hybridized carbons (Fsp3) is 0.182. The molecule has 0 aliphatic heterocycles. The molecule has 0 aliphatic carbocycles. The minimum absolute atomic E-state index is 0.149. The van der Waals surface area contributed by atoms with Crippen LogP contribution in [0.5, 0.6) is 5.75 Å². The zero-order valence-electron chi connectivity index (χ0n) is 8.15. The Kier molecular flexibility index (Phi) is 3.43. The summed E-state index contributed by atoms with van der Waals surface area (Å²) in [5, 5.41) is 17.3. The molecule has 0 aromatic heterocycles. The number of aldehydes is 1. The second kappa shape index (κ2) is 4.78. The highest BCUT2D eigenvalue weighted by Crippen LogP contribution is 2.25. The molecule has 0 amide bonds. The SMILES string of the molecule is COc1c(CC#N)ccc(C#N)c1C=O. The van der Waals surface area contributed by atoms with Gasteiger partial charge in [-0.1, -0.05) is 6.07 Å². The van der Waals surface area contributed by atoms with E-state index in [9.17, 15) is 4.79 Å². The molecule has 0 bridgehead atoms. The molecule has 1 rings (SSSR count). The number of nitriles is 2. The lowest BCUT2D eigenvalue weighted by molar-refractivity contribution is 0.112. The van der Waals surface area contributed by atoms with Crippen LogP contribution >= 0.6 is 0 Å². The molecule has 0 unspecified atom stereocenters. The maximum Gasteiger partial charge on any atom is 0.155 e. The van der Waals surface area contributed by atoms with E-state index in [-0.39, 0.29) is 17.5 Å². The van der Waals surface area contributed by atoms with Crippen molar-refractivity contribution in [3.63, 3.8) is 0 Å². The van der Waals surface area contributed by atoms with Crippen molar-refractivity contribution >= 4 is 6.29 Å². The summed E-state index contributed by atoms with van der Waals surface area (Å²) in [4.78, 5) is 10.8. The van der Waals surface area contributed by atoms with E-state index in [4.69, 9.17) is 15.3 Å². The van der Waals surface area contributed by atoms with Crippen LogP contribution in [0.2, 0.25) is 0 Å². The van der Waals surface area contributed by atoms with Crippen molar-refractivity contribution in [1.29, 1.82) is 10.5 Å². The van der Waals surface area contributed by atoms with E-state index in [1.165, 1.54) is 13.2 Å². The molecule has 0 heterocycles. The molecule has 4 heteroatoms. The smallest absolute Gasteiger partial charge is 0.155 e. The van der Waals surface area contributed by atoms with Gasteiger partial charge in [-0.25, -0.2) is 0 Å². The zero-order valence-corrected chi connectivity index (χ0v) is 8.15. The van der Waals surface area contributed by atoms with Crippen LogP contribution < -0.4 is 4.74 Å². The zero-order chi connectivity index (χ0) is 11.3. The largest absolute Gasteiger partial charge is 0.496 e. The van der Waals surface area contributed by atoms with Crippen molar-refractivity contribution in [1.82, 2.24) is 0 Å². The summed E-state index contributed by atoms with van der Waals surface area (Å²) in [7, 11) is 1.41. The third-order valence-electron chi connectivity index (χ3n) is 1.99. The Morgan fingerprint density at radius 2 is 2.20 bits per heavy atom. The molecule has 1 aromatic carbocycles. The molecule has 0 N–H and O–H groups in total. The lowest BCUT2D eigenvalue weighted by atomic mass is 10.0. The monoisotopic (exact) mass is 200 g/mol. The van der Waals surface area contributed by atoms with Crippen molar-refractivity contribution in [3.05, 3.63) is 28.8 Å². The Labute approximate surface area is 87.3 Å². The highest BCUT2D eigenvalue weighted by molar-refractivity contribution is 5.84. The summed E-state index contributed by atoms with van der Waals surface area (Å²) in [6, 6.07) is 7.00. The first kappa shape index (κ1) is 10.7. The molecule has 0 spiro atoms. The lowest BCUT2D eigenvalue weighted by Gasteiger charge is -2.08. The van der Waals surface area contributed by atoms with E-state index in [0.29, 0.717) is 17.6 Å². The van der Waals surface area contributed by atoms with Gasteiger partial charge in [0.25, 0.3) is 0 Å². The quantitative estimate of drug-likeness (QED) is 0.692. The van der Waals surface area contributed by atoms with Gasteiger partial charge in [0.2, 0.25) is 0 Å². The van der Waals surface area contributed by atoms with E-state index in [0.717, 1.165) is 0 Å². The van der Waals surface area contributed by atoms with Crippen LogP contribution in [0.1, 0.15) is 21.5 Å². The van der Waals surface area contributed by atoms with Gasteiger partial charge >= 0.3 is 0 Å². The van der Waals surface area contributed by atoms with Gasteiger partial charge in [-0.15, -0.1) is 0 Å². The van der Waals surface area contributed by atoms with E-state index in [1.807, 2.05) is 12.1 Å². The maximum atomic E-state index is 10.8. The summed E-state index contributed by atoms with van der Waals surface area (Å²) >= 11 is 0. The van der Waals surface area contributed by atoms with Gasteiger partial charge < -0.3 is 4.74 Å². The van der Waals surface area contributed by atoms with Crippen LogP contribution in [0.4, 0.5) is 0 Å². The van der Waals surface area contributed by atoms with Gasteiger partial charge in [0.05, 0.1) is 30.7 Å². The van der Waals surface area contributed by atoms with Crippen molar-refractivity contribution in [2.45, 2.75) is 6.42 Å². The molecule has 0 radical (unpaired) electrons. The van der Waals surface area contributed by atoms with Crippen LogP contribution in [0.3, 0.4) is 0 Å². The molecular weight excluding hydrogens is 192 g/mol. The fourth-order valence-electron chi connectivity index (χ4n) is 1.32. The number of carbonyl (C=O) groups excluding carboxylic acids is 1. The van der Waals surface area contributed by atoms with Crippen molar-refractivity contribution in [2.75, 3.05) is 7.11 Å². The Balaban J connectivity index is 3.43. The maximum absolute atomic E-state index is 10.8. The third kappa shape index (κ3) is 1.95. The molecule has 0 atom stereocenters. The topological polar surface area (TPSA) is 73.9 Å². The predicted molar refractivity (Wildman–Crippen MR) is 52.4 cm³/mol. The molecule has 1 aromatic rings. The average molecular weight is 200 g/mol. The number of nitrogens with zero attached hydrogens (tertiary/aromatic N) is 2. The van der Waals surface area contributed by atoms with E-state index >= 15 is 0 Å². The first-order valence-corrected chi connectivity index (χ1v) is 4.20. The Bertz CT molecular complexity index is 467. The van der Waals surface area contributed by atoms with Crippen molar-refractivity contribution in [3.8, 4) is 17.9 Å². The van der Waals surface area contributed by atoms with Gasteiger partial charge in [0.15, 0.2) is 6.29 Å². The summed E-state index contributed by atoms with van der Waals surface area (Å²) in [5.74, 6) is 0.311. The minimum Gasteiger partial charge on any atom is -0.496 e. The molecule has 0 saturated heterocycles. The number of hydrogen-bond acceptors (Lipinski definition) is 4. The van der Waals surface area contributed by atoms with E-state index in [1.54, 1.807) is 6.07 Å². The average Bonchev–Trinajstić information content (AvgIpc) is 2.28. The molecule has 0 aliphatic rings. The van der Waals surface area contributed by atoms with Crippen LogP contribution in [0.25, 0.3) is 0 Å². The van der Waals surface area contributed by atoms with Gasteiger partial charge in [0, 0.05) is 5.56 Å². The van der Waals surface area contributed by atoms with Gasteiger partial charge in [-0.3, -0.25) is 4.79 Å². The number of benzene rings is 1. The van der Waals surface area contributed by atoms with Crippen molar-refractivity contribution < 1.29 is 9.53 Å². The first-order valence-electron chi connectivity index (χ1n) is 4.20. The number of methoxy groups -OCH3 is 1. The number of carbonyl (C=O) groups is 1. The summed E-state index contributed by atoms with van der Waals surface area (Å²) < 4.78 is 5.03. The number of rotatable bonds is 3. The Morgan fingerprint density at radius 1 is 1.47 bits per heavy atom. The molecule has 0 fully saturated rings. The number of ether oxygens (including phenoxy) is 1. The second-order valence-corrected chi connectivity index (χ2v) is 2.78. The van der Waals surface area contributed by atoms with Gasteiger partial charge in [-0.05, 0) is 6.07 Å². The van der Waals surface area contributed by atoms with Crippen molar-refractivity contribution in [2.24, 2.45) is 0 Å². The predicted octanol–water partition coefficient (Wildman–Crippen LogP) is 1.45. The third-order valence-corrected chi connectivity index (χ3v) is 1.99. The standard InChI is InChI=1S/C11H8N2O2/c1-15-11-8(4-5-12)2-3-9(6-13)10(11)7-14/h2-3,7H,4H2,1H3. The summed E-state index contributed by atoms with van der Waals surface area (Å²) in [6.07, 6.45) is 0.716. The molecular formula is C11H8N2O2. The normalized spacial score (nSPS) is 8.73. The molecule has 74 valence electrons. The summed E-state index contributed by atoms with van der Waals surface area (Å²) in [5.41, 5.74) is 1.07. The first-order chi connectivity index (χ1) is 7.28. The fourth-order valence-corrected chi connectivity index (χ4v) is 1.32. The van der Waals surface area contributed by atoms with Crippen LogP contribution in [-0.2, 0) is 6.42 Å². The highest BCUT2D eigenvalue weighted by atomic mass is 16.5. The van der Waals surface area contributed by atoms with Gasteiger partial charge in [-0.2, -0.15) is 10.5 Å². The minimum atomic E-state index is 0.149. The van der Waals surface area contributed by atoms with Gasteiger partial charge in [0.1, 0.15) is 11.8 Å². The molecule has 0 saturated carbocycles. The van der Waals surface area contributed by atoms with Crippen LogP contribution in [-0.4, -0.2) is 13.4 Å². The number of hydrogen-bond donors (Lipinski definition) is 0. The Hall–Kier alpha value is -2.33. The molecule has 15 heavy (non-hydrogen) atoms. The van der Waals surface area contributed by atoms with E-state index in [2.05, 4.69) is 0 Å². The van der Waals surface area contributed by atoms with Crippen LogP contribution in [0.15, 0.2) is 12.1 Å². The second-order valence-electron chi connectivity index (χ2n) is 2.78. The highest BCUT2D eigenvalue weighted by Gasteiger charge is 2.12. The van der Waals surface area contributed by atoms with E-state index < -0.39 is 0 Å². The lowest BCUT2D eigenvalue weighted by Crippen LogP contribution is -1.99. The van der Waals surface area contributed by atoms with Crippen LogP contribution in [0, 0.1) is 22.7 Å².